The molecule has 3 heteroatoms. The third kappa shape index (κ3) is 4.81. The van der Waals surface area contributed by atoms with Crippen molar-refractivity contribution >= 4 is 46.0 Å². The minimum atomic E-state index is -0.776. The monoisotopic (exact) mass is 594 g/mol. The van der Waals surface area contributed by atoms with Crippen molar-refractivity contribution in [3.63, 3.8) is 0 Å². The Hall–Kier alpha value is -5.43. The third-order valence-electron chi connectivity index (χ3n) is 8.81. The third-order valence-corrected chi connectivity index (χ3v) is 11.3. The first-order valence-electron chi connectivity index (χ1n) is 15.2. The summed E-state index contributed by atoms with van der Waals surface area (Å²) in [6, 6.07) is 59.1. The van der Waals surface area contributed by atoms with Gasteiger partial charge in [-0.1, -0.05) is 164 Å². The lowest BCUT2D eigenvalue weighted by Gasteiger charge is -2.21. The zero-order valence-electron chi connectivity index (χ0n) is 24.7. The van der Waals surface area contributed by atoms with Crippen LogP contribution >= 0.6 is 7.92 Å². The van der Waals surface area contributed by atoms with Crippen LogP contribution in [0.25, 0.3) is 55.5 Å². The van der Waals surface area contributed by atoms with Crippen molar-refractivity contribution in [1.29, 1.82) is 0 Å². The van der Waals surface area contributed by atoms with Crippen molar-refractivity contribution in [2.24, 2.45) is 11.5 Å². The van der Waals surface area contributed by atoms with Crippen LogP contribution in [0.15, 0.2) is 164 Å². The number of hydrogen-bond donors (Lipinski definition) is 2. The van der Waals surface area contributed by atoms with Gasteiger partial charge in [-0.2, -0.15) is 0 Å². The van der Waals surface area contributed by atoms with Crippen LogP contribution < -0.4 is 27.4 Å². The van der Waals surface area contributed by atoms with Gasteiger partial charge in [0.2, 0.25) is 0 Å². The lowest BCUT2D eigenvalue weighted by molar-refractivity contribution is 1.54. The number of hydrogen-bond acceptors (Lipinski definition) is 2. The summed E-state index contributed by atoms with van der Waals surface area (Å²) in [4.78, 5) is 0. The Morgan fingerprint density at radius 2 is 0.711 bits per heavy atom. The van der Waals surface area contributed by atoms with Crippen LogP contribution in [0.3, 0.4) is 0 Å². The predicted molar refractivity (Wildman–Crippen MR) is 194 cm³/mol. The van der Waals surface area contributed by atoms with Gasteiger partial charge >= 0.3 is 0 Å². The van der Waals surface area contributed by atoms with E-state index in [0.717, 1.165) is 16.5 Å². The molecule has 4 N–H and O–H groups in total. The summed E-state index contributed by atoms with van der Waals surface area (Å²) in [6.45, 7) is 0. The normalized spacial score (nSPS) is 12.3. The van der Waals surface area contributed by atoms with E-state index in [1.807, 2.05) is 0 Å². The second-order valence-corrected chi connectivity index (χ2v) is 13.6. The summed E-state index contributed by atoms with van der Waals surface area (Å²) in [5.41, 5.74) is 23.4. The average Bonchev–Trinajstić information content (AvgIpc) is 3.36. The van der Waals surface area contributed by atoms with Gasteiger partial charge in [0.05, 0.1) is 11.4 Å². The van der Waals surface area contributed by atoms with Crippen LogP contribution in [0.4, 0.5) is 0 Å². The standard InChI is InChI=1S/C42H31N2P/c43-41-38-13-7-12-37-36(26-27-39(40(37)38)42(41)44)32-18-24-35(25-19-32)45(33-20-14-30(15-21-33)28-8-3-1-4-9-28)34-22-16-31(17-23-34)29-10-5-2-6-11-29/h1-27H,43-44H2. The quantitative estimate of drug-likeness (QED) is 0.189. The molecule has 45 heavy (non-hydrogen) atoms. The Morgan fingerprint density at radius 1 is 0.311 bits per heavy atom. The Bertz CT molecular complexity index is 2080. The highest BCUT2D eigenvalue weighted by atomic mass is 31.1. The van der Waals surface area contributed by atoms with E-state index in [0.29, 0.717) is 11.4 Å². The Kier molecular flexibility index (Phi) is 6.78. The molecule has 0 amide bonds. The van der Waals surface area contributed by atoms with Crippen molar-refractivity contribution in [2.45, 2.75) is 0 Å². The molecule has 0 heterocycles. The summed E-state index contributed by atoms with van der Waals surface area (Å²) in [6.07, 6.45) is 0. The highest BCUT2D eigenvalue weighted by Crippen LogP contribution is 2.42. The molecule has 0 saturated heterocycles. The Labute approximate surface area is 265 Å². The van der Waals surface area contributed by atoms with E-state index in [1.165, 1.54) is 54.7 Å². The molecule has 0 bridgehead atoms. The minimum Gasteiger partial charge on any atom is -0.397 e. The zero-order chi connectivity index (χ0) is 30.3. The summed E-state index contributed by atoms with van der Waals surface area (Å²) in [5.74, 6) is 0. The van der Waals surface area contributed by atoms with Crippen molar-refractivity contribution in [3.8, 4) is 33.4 Å². The van der Waals surface area contributed by atoms with Gasteiger partial charge in [-0.05, 0) is 62.6 Å². The van der Waals surface area contributed by atoms with E-state index in [-0.39, 0.29) is 0 Å². The topological polar surface area (TPSA) is 52.0 Å². The first-order chi connectivity index (χ1) is 22.2. The fraction of sp³-hybridized carbons (Fsp3) is 0. The van der Waals surface area contributed by atoms with Gasteiger partial charge < -0.3 is 11.5 Å². The van der Waals surface area contributed by atoms with E-state index in [4.69, 9.17) is 11.5 Å². The fourth-order valence-electron chi connectivity index (χ4n) is 6.50. The molecule has 0 fully saturated rings. The molecule has 0 unspecified atom stereocenters. The summed E-state index contributed by atoms with van der Waals surface area (Å²) in [5, 5.41) is 6.29. The molecule has 0 saturated carbocycles. The van der Waals surface area contributed by atoms with Crippen molar-refractivity contribution in [3.05, 3.63) is 175 Å². The van der Waals surface area contributed by atoms with Gasteiger partial charge in [0, 0.05) is 16.5 Å². The van der Waals surface area contributed by atoms with Crippen molar-refractivity contribution in [2.75, 3.05) is 0 Å². The molecule has 0 aliphatic heterocycles. The molecule has 0 radical (unpaired) electrons. The number of benzene rings is 7. The maximum absolute atomic E-state index is 6.38. The zero-order valence-corrected chi connectivity index (χ0v) is 25.6. The second kappa shape index (κ2) is 11.2. The first kappa shape index (κ1) is 27.1. The van der Waals surface area contributed by atoms with E-state index in [2.05, 4.69) is 164 Å². The largest absolute Gasteiger partial charge is 0.397 e. The van der Waals surface area contributed by atoms with Gasteiger partial charge in [-0.3, -0.25) is 0 Å². The maximum atomic E-state index is 6.38. The van der Waals surface area contributed by atoms with Gasteiger partial charge in [0.1, 0.15) is 0 Å². The van der Waals surface area contributed by atoms with E-state index in [9.17, 15) is 0 Å². The summed E-state index contributed by atoms with van der Waals surface area (Å²) >= 11 is 0. The SMILES string of the molecule is NC1=C(N)c2ccc(-c3ccc(P(c4ccc(-c5ccccc5)cc4)c4ccc(-c5ccccc5)cc4)cc3)c3cccc1c23. The summed E-state index contributed by atoms with van der Waals surface area (Å²) < 4.78 is 0. The van der Waals surface area contributed by atoms with Crippen LogP contribution in [0.5, 0.6) is 0 Å². The molecule has 7 aromatic carbocycles. The highest BCUT2D eigenvalue weighted by molar-refractivity contribution is 7.79. The van der Waals surface area contributed by atoms with Crippen LogP contribution in [0.2, 0.25) is 0 Å². The molecular weight excluding hydrogens is 563 g/mol. The van der Waals surface area contributed by atoms with E-state index < -0.39 is 7.92 Å². The molecule has 0 aromatic heterocycles. The molecule has 1 aliphatic rings. The van der Waals surface area contributed by atoms with Gasteiger partial charge in [-0.15, -0.1) is 0 Å². The lowest BCUT2D eigenvalue weighted by atomic mass is 9.94. The molecule has 2 nitrogen and oxygen atoms in total. The van der Waals surface area contributed by atoms with Crippen LogP contribution in [-0.4, -0.2) is 0 Å². The van der Waals surface area contributed by atoms with Crippen molar-refractivity contribution in [1.82, 2.24) is 0 Å². The number of rotatable bonds is 6. The van der Waals surface area contributed by atoms with Crippen LogP contribution in [-0.2, 0) is 0 Å². The maximum Gasteiger partial charge on any atom is 0.0634 e. The Morgan fingerprint density at radius 3 is 1.20 bits per heavy atom. The smallest absolute Gasteiger partial charge is 0.0634 e. The lowest BCUT2D eigenvalue weighted by Crippen LogP contribution is -2.20. The Balaban J connectivity index is 1.19. The van der Waals surface area contributed by atoms with Crippen LogP contribution in [0, 0.1) is 0 Å². The fourth-order valence-corrected chi connectivity index (χ4v) is 8.74. The van der Waals surface area contributed by atoms with E-state index in [1.54, 1.807) is 0 Å². The van der Waals surface area contributed by atoms with Gasteiger partial charge in [0.15, 0.2) is 0 Å². The molecular formula is C42H31N2P. The first-order valence-corrected chi connectivity index (χ1v) is 16.5. The molecule has 0 spiro atoms. The predicted octanol–water partition coefficient (Wildman–Crippen LogP) is 8.66. The molecule has 8 rings (SSSR count). The highest BCUT2D eigenvalue weighted by Gasteiger charge is 2.22. The average molecular weight is 595 g/mol. The van der Waals surface area contributed by atoms with Crippen molar-refractivity contribution < 1.29 is 0 Å². The van der Waals surface area contributed by atoms with E-state index >= 15 is 0 Å². The molecule has 7 aromatic rings. The molecule has 0 atom stereocenters. The number of nitrogens with two attached hydrogens (primary N) is 2. The van der Waals surface area contributed by atoms with Gasteiger partial charge in [-0.25, -0.2) is 0 Å². The van der Waals surface area contributed by atoms with Crippen LogP contribution in [0.1, 0.15) is 11.1 Å². The minimum absolute atomic E-state index is 0.672. The second-order valence-electron chi connectivity index (χ2n) is 11.4. The van der Waals surface area contributed by atoms with Gasteiger partial charge in [0.25, 0.3) is 0 Å². The molecule has 1 aliphatic carbocycles. The summed E-state index contributed by atoms with van der Waals surface area (Å²) in [7, 11) is -0.776. The molecule has 214 valence electrons.